The molecule has 1 N–H and O–H groups in total. The van der Waals surface area contributed by atoms with Crippen LogP contribution in [0.3, 0.4) is 0 Å². The van der Waals surface area contributed by atoms with E-state index < -0.39 is 0 Å². The van der Waals surface area contributed by atoms with Crippen molar-refractivity contribution >= 4 is 11.6 Å². The van der Waals surface area contributed by atoms with Crippen LogP contribution in [0, 0.1) is 6.92 Å². The van der Waals surface area contributed by atoms with Crippen molar-refractivity contribution in [2.75, 3.05) is 13.7 Å². The summed E-state index contributed by atoms with van der Waals surface area (Å²) >= 11 is 5.41. The van der Waals surface area contributed by atoms with E-state index >= 15 is 0 Å². The van der Waals surface area contributed by atoms with Gasteiger partial charge in [0.25, 0.3) is 0 Å². The number of nitrogens with one attached hydrogen (secondary N) is 1. The third-order valence-electron chi connectivity index (χ3n) is 1.84. The Morgan fingerprint density at radius 2 is 2.33 bits per heavy atom. The van der Waals surface area contributed by atoms with Crippen LogP contribution in [0.2, 0.25) is 0 Å². The molecule has 0 aliphatic rings. The van der Waals surface area contributed by atoms with Crippen molar-refractivity contribution < 1.29 is 4.74 Å². The van der Waals surface area contributed by atoms with Crippen molar-refractivity contribution in [3.8, 4) is 5.75 Å². The summed E-state index contributed by atoms with van der Waals surface area (Å²) in [5.74, 6) is 0.796. The van der Waals surface area contributed by atoms with Gasteiger partial charge in [0, 0.05) is 17.8 Å². The second kappa shape index (κ2) is 6.43. The Kier molecular flexibility index (Phi) is 5.15. The molecule has 0 spiro atoms. The predicted octanol–water partition coefficient (Wildman–Crippen LogP) is 2.24. The van der Waals surface area contributed by atoms with Gasteiger partial charge in [-0.25, -0.2) is 0 Å². The maximum Gasteiger partial charge on any atom is 0.142 e. The second-order valence-corrected chi connectivity index (χ2v) is 3.35. The minimum atomic E-state index is 0.463. The molecule has 0 aromatic carbocycles. The van der Waals surface area contributed by atoms with E-state index in [1.165, 1.54) is 5.54 Å². The highest BCUT2D eigenvalue weighted by Gasteiger charge is 2.03. The number of aromatic nitrogens is 1. The predicted molar refractivity (Wildman–Crippen MR) is 62.2 cm³/mol. The molecule has 3 nitrogen and oxygen atoms in total. The van der Waals surface area contributed by atoms with E-state index in [0.29, 0.717) is 13.2 Å². The van der Waals surface area contributed by atoms with Gasteiger partial charge in [-0.2, -0.15) is 0 Å². The first-order valence-corrected chi connectivity index (χ1v) is 5.20. The highest BCUT2D eigenvalue weighted by atomic mass is 35.5. The third kappa shape index (κ3) is 3.90. The Hall–Kier alpha value is -1.06. The molecular weight excluding hydrogens is 212 g/mol. The summed E-state index contributed by atoms with van der Waals surface area (Å²) in [4.78, 5) is 4.40. The number of hydrogen-bond donors (Lipinski definition) is 1. The highest BCUT2D eigenvalue weighted by molar-refractivity contribution is 6.25. The molecule has 0 amide bonds. The van der Waals surface area contributed by atoms with Gasteiger partial charge in [0.15, 0.2) is 0 Å². The van der Waals surface area contributed by atoms with Crippen molar-refractivity contribution in [3.05, 3.63) is 35.1 Å². The zero-order chi connectivity index (χ0) is 11.1. The second-order valence-electron chi connectivity index (χ2n) is 3.10. The third-order valence-corrected chi connectivity index (χ3v) is 2.02. The molecule has 0 aliphatic heterocycles. The van der Waals surface area contributed by atoms with E-state index in [1.807, 2.05) is 26.1 Å². The SMILES string of the molecule is CNCc1nc(C)ccc1OCC=CCl. The maximum atomic E-state index is 5.51. The van der Waals surface area contributed by atoms with Crippen LogP contribution in [0.1, 0.15) is 11.4 Å². The number of ether oxygens (including phenoxy) is 1. The molecule has 0 saturated heterocycles. The van der Waals surface area contributed by atoms with E-state index in [-0.39, 0.29) is 0 Å². The van der Waals surface area contributed by atoms with Gasteiger partial charge < -0.3 is 10.1 Å². The molecule has 0 unspecified atom stereocenters. The molecular formula is C11H15ClN2O. The fourth-order valence-electron chi connectivity index (χ4n) is 1.20. The fraction of sp³-hybridized carbons (Fsp3) is 0.364. The Labute approximate surface area is 95.1 Å². The Bertz CT molecular complexity index is 339. The number of nitrogens with zero attached hydrogens (tertiary/aromatic N) is 1. The van der Waals surface area contributed by atoms with Crippen LogP contribution in [0.5, 0.6) is 5.75 Å². The Balaban J connectivity index is 2.75. The molecule has 0 bridgehead atoms. The molecule has 1 rings (SSSR count). The first kappa shape index (κ1) is 12.0. The molecule has 0 saturated carbocycles. The number of halogens is 1. The average molecular weight is 227 g/mol. The number of hydrogen-bond acceptors (Lipinski definition) is 3. The molecule has 0 atom stereocenters. The van der Waals surface area contributed by atoms with Crippen LogP contribution in [0.25, 0.3) is 0 Å². The van der Waals surface area contributed by atoms with Gasteiger partial charge in [-0.3, -0.25) is 4.98 Å². The van der Waals surface area contributed by atoms with Gasteiger partial charge >= 0.3 is 0 Å². The van der Waals surface area contributed by atoms with Gasteiger partial charge in [-0.15, -0.1) is 0 Å². The zero-order valence-corrected chi connectivity index (χ0v) is 9.71. The molecule has 0 aliphatic carbocycles. The summed E-state index contributed by atoms with van der Waals surface area (Å²) in [7, 11) is 1.88. The van der Waals surface area contributed by atoms with Crippen LogP contribution >= 0.6 is 11.6 Å². The van der Waals surface area contributed by atoms with Crippen molar-refractivity contribution in [2.45, 2.75) is 13.5 Å². The summed E-state index contributed by atoms with van der Waals surface area (Å²) < 4.78 is 5.51. The van der Waals surface area contributed by atoms with Crippen molar-refractivity contribution in [2.24, 2.45) is 0 Å². The summed E-state index contributed by atoms with van der Waals surface area (Å²) in [6, 6.07) is 3.86. The average Bonchev–Trinajstić information content (AvgIpc) is 2.22. The maximum absolute atomic E-state index is 5.51. The normalized spacial score (nSPS) is 10.9. The van der Waals surface area contributed by atoms with Gasteiger partial charge in [0.2, 0.25) is 0 Å². The van der Waals surface area contributed by atoms with E-state index in [0.717, 1.165) is 17.1 Å². The molecule has 4 heteroatoms. The standard InChI is InChI=1S/C11H15ClN2O/c1-9-4-5-11(15-7-3-6-12)10(14-9)8-13-2/h3-6,13H,7-8H2,1-2H3. The number of aryl methyl sites for hydroxylation is 1. The quantitative estimate of drug-likeness (QED) is 0.836. The lowest BCUT2D eigenvalue weighted by atomic mass is 10.3. The number of rotatable bonds is 5. The lowest BCUT2D eigenvalue weighted by Gasteiger charge is -2.09. The fourth-order valence-corrected chi connectivity index (χ4v) is 1.27. The van der Waals surface area contributed by atoms with Crippen LogP contribution in [-0.4, -0.2) is 18.6 Å². The zero-order valence-electron chi connectivity index (χ0n) is 8.96. The van der Waals surface area contributed by atoms with Crippen LogP contribution < -0.4 is 10.1 Å². The minimum Gasteiger partial charge on any atom is -0.488 e. The highest BCUT2D eigenvalue weighted by Crippen LogP contribution is 2.16. The first-order chi connectivity index (χ1) is 7.27. The van der Waals surface area contributed by atoms with Crippen molar-refractivity contribution in [1.82, 2.24) is 10.3 Å². The molecule has 0 fully saturated rings. The van der Waals surface area contributed by atoms with E-state index in [1.54, 1.807) is 6.08 Å². The van der Waals surface area contributed by atoms with E-state index in [9.17, 15) is 0 Å². The molecule has 0 radical (unpaired) electrons. The molecule has 1 aromatic rings. The Morgan fingerprint density at radius 3 is 3.00 bits per heavy atom. The smallest absolute Gasteiger partial charge is 0.142 e. The van der Waals surface area contributed by atoms with Crippen molar-refractivity contribution in [1.29, 1.82) is 0 Å². The molecule has 1 heterocycles. The monoisotopic (exact) mass is 226 g/mol. The van der Waals surface area contributed by atoms with Gasteiger partial charge in [-0.05, 0) is 32.2 Å². The van der Waals surface area contributed by atoms with E-state index in [2.05, 4.69) is 10.3 Å². The Morgan fingerprint density at radius 1 is 1.53 bits per heavy atom. The summed E-state index contributed by atoms with van der Waals surface area (Å²) in [5, 5.41) is 3.06. The molecule has 15 heavy (non-hydrogen) atoms. The van der Waals surface area contributed by atoms with Gasteiger partial charge in [-0.1, -0.05) is 11.6 Å². The van der Waals surface area contributed by atoms with E-state index in [4.69, 9.17) is 16.3 Å². The summed E-state index contributed by atoms with van der Waals surface area (Å²) in [5.41, 5.74) is 3.35. The largest absolute Gasteiger partial charge is 0.488 e. The summed E-state index contributed by atoms with van der Waals surface area (Å²) in [6.45, 7) is 3.12. The lowest BCUT2D eigenvalue weighted by Crippen LogP contribution is -2.10. The van der Waals surface area contributed by atoms with Crippen LogP contribution in [-0.2, 0) is 6.54 Å². The van der Waals surface area contributed by atoms with Crippen LogP contribution in [0.4, 0.5) is 0 Å². The first-order valence-electron chi connectivity index (χ1n) is 4.77. The minimum absolute atomic E-state index is 0.463. The topological polar surface area (TPSA) is 34.2 Å². The van der Waals surface area contributed by atoms with Gasteiger partial charge in [0.1, 0.15) is 12.4 Å². The molecule has 82 valence electrons. The lowest BCUT2D eigenvalue weighted by molar-refractivity contribution is 0.355. The molecule has 1 aromatic heterocycles. The van der Waals surface area contributed by atoms with Crippen molar-refractivity contribution in [3.63, 3.8) is 0 Å². The summed E-state index contributed by atoms with van der Waals surface area (Å²) in [6.07, 6.45) is 1.74. The van der Waals surface area contributed by atoms with Crippen LogP contribution in [0.15, 0.2) is 23.7 Å². The number of pyridine rings is 1. The van der Waals surface area contributed by atoms with Gasteiger partial charge in [0.05, 0.1) is 5.69 Å².